The number of carboxylic acid groups (broad SMARTS) is 1. The van der Waals surface area contributed by atoms with Crippen molar-refractivity contribution in [3.05, 3.63) is 65.7 Å². The van der Waals surface area contributed by atoms with Crippen molar-refractivity contribution in [3.63, 3.8) is 0 Å². The fourth-order valence-corrected chi connectivity index (χ4v) is 2.70. The molecule has 0 bridgehead atoms. The second-order valence-electron chi connectivity index (χ2n) is 7.76. The Bertz CT molecular complexity index is 892. The Morgan fingerprint density at radius 2 is 1.70 bits per heavy atom. The van der Waals surface area contributed by atoms with Gasteiger partial charge < -0.3 is 25.6 Å². The number of carbonyl (C=O) groups is 3. The highest BCUT2D eigenvalue weighted by Gasteiger charge is 2.30. The normalized spacial score (nSPS) is 13.1. The number of hydrogen-bond donors (Lipinski definition) is 4. The van der Waals surface area contributed by atoms with Crippen LogP contribution < -0.4 is 10.6 Å². The van der Waals surface area contributed by atoms with Gasteiger partial charge in [0.2, 0.25) is 0 Å². The number of carboxylic acids is 1. The van der Waals surface area contributed by atoms with Crippen molar-refractivity contribution < 1.29 is 29.3 Å². The summed E-state index contributed by atoms with van der Waals surface area (Å²) in [7, 11) is 0. The molecular formula is C22H26N2O6. The number of benzene rings is 2. The van der Waals surface area contributed by atoms with E-state index in [2.05, 4.69) is 10.6 Å². The zero-order valence-electron chi connectivity index (χ0n) is 17.1. The van der Waals surface area contributed by atoms with E-state index >= 15 is 0 Å². The van der Waals surface area contributed by atoms with Crippen LogP contribution in [-0.2, 0) is 16.0 Å². The highest BCUT2D eigenvalue weighted by Crippen LogP contribution is 2.14. The third-order valence-electron chi connectivity index (χ3n) is 4.03. The molecule has 0 saturated heterocycles. The Labute approximate surface area is 174 Å². The molecule has 2 atom stereocenters. The molecule has 0 aliphatic rings. The molecule has 8 heteroatoms. The Balaban J connectivity index is 2.16. The minimum atomic E-state index is -1.61. The SMILES string of the molecule is CC(C)(C)OC(=O)N[C@H](Cc1ccccc1)[C@H](O)C(=O)Nc1cccc(C(=O)O)c1. The van der Waals surface area contributed by atoms with E-state index in [1.54, 1.807) is 20.8 Å². The molecule has 8 nitrogen and oxygen atoms in total. The molecule has 0 aromatic heterocycles. The van der Waals surface area contributed by atoms with E-state index in [1.165, 1.54) is 24.3 Å². The lowest BCUT2D eigenvalue weighted by Gasteiger charge is -2.26. The van der Waals surface area contributed by atoms with Crippen LogP contribution in [0.25, 0.3) is 0 Å². The number of alkyl carbamates (subject to hydrolysis) is 1. The van der Waals surface area contributed by atoms with Gasteiger partial charge in [0.25, 0.3) is 5.91 Å². The number of aliphatic hydroxyl groups excluding tert-OH is 1. The Morgan fingerprint density at radius 1 is 1.03 bits per heavy atom. The summed E-state index contributed by atoms with van der Waals surface area (Å²) in [4.78, 5) is 35.9. The number of nitrogens with one attached hydrogen (secondary N) is 2. The first-order valence-electron chi connectivity index (χ1n) is 9.41. The maximum absolute atomic E-state index is 12.6. The van der Waals surface area contributed by atoms with Gasteiger partial charge in [-0.2, -0.15) is 0 Å². The van der Waals surface area contributed by atoms with Crippen molar-refractivity contribution in [2.24, 2.45) is 0 Å². The molecule has 0 unspecified atom stereocenters. The topological polar surface area (TPSA) is 125 Å². The molecule has 2 aromatic carbocycles. The molecule has 0 aliphatic heterocycles. The maximum Gasteiger partial charge on any atom is 0.407 e. The van der Waals surface area contributed by atoms with Crippen LogP contribution in [0.1, 0.15) is 36.7 Å². The van der Waals surface area contributed by atoms with Crippen molar-refractivity contribution >= 4 is 23.7 Å². The predicted octanol–water partition coefficient (Wildman–Crippen LogP) is 2.82. The molecular weight excluding hydrogens is 388 g/mol. The average Bonchev–Trinajstić information content (AvgIpc) is 2.66. The molecule has 0 saturated carbocycles. The number of rotatable bonds is 7. The fraction of sp³-hybridized carbons (Fsp3) is 0.318. The first-order chi connectivity index (χ1) is 14.0. The van der Waals surface area contributed by atoms with Gasteiger partial charge in [0, 0.05) is 5.69 Å². The third-order valence-corrected chi connectivity index (χ3v) is 4.03. The van der Waals surface area contributed by atoms with E-state index in [0.717, 1.165) is 5.56 Å². The van der Waals surface area contributed by atoms with Crippen LogP contribution in [-0.4, -0.2) is 45.9 Å². The van der Waals surface area contributed by atoms with Crippen LogP contribution in [0.5, 0.6) is 0 Å². The van der Waals surface area contributed by atoms with Gasteiger partial charge in [-0.05, 0) is 51.0 Å². The summed E-state index contributed by atoms with van der Waals surface area (Å²) in [5.41, 5.74) is 0.272. The molecule has 0 radical (unpaired) electrons. The zero-order chi connectivity index (χ0) is 22.3. The van der Waals surface area contributed by atoms with Gasteiger partial charge in [0.05, 0.1) is 11.6 Å². The van der Waals surface area contributed by atoms with Crippen LogP contribution in [0.15, 0.2) is 54.6 Å². The van der Waals surface area contributed by atoms with Crippen LogP contribution in [0.2, 0.25) is 0 Å². The summed E-state index contributed by atoms with van der Waals surface area (Å²) in [5, 5.41) is 24.7. The van der Waals surface area contributed by atoms with Crippen LogP contribution in [0.4, 0.5) is 10.5 Å². The van der Waals surface area contributed by atoms with Crippen molar-refractivity contribution in [1.82, 2.24) is 5.32 Å². The van der Waals surface area contributed by atoms with Crippen molar-refractivity contribution in [3.8, 4) is 0 Å². The van der Waals surface area contributed by atoms with Crippen LogP contribution in [0.3, 0.4) is 0 Å². The average molecular weight is 414 g/mol. The highest BCUT2D eigenvalue weighted by molar-refractivity contribution is 5.96. The molecule has 0 aliphatic carbocycles. The van der Waals surface area contributed by atoms with Gasteiger partial charge in [-0.3, -0.25) is 4.79 Å². The van der Waals surface area contributed by atoms with E-state index in [4.69, 9.17) is 9.84 Å². The Morgan fingerprint density at radius 3 is 2.30 bits per heavy atom. The predicted molar refractivity (Wildman–Crippen MR) is 111 cm³/mol. The molecule has 160 valence electrons. The monoisotopic (exact) mass is 414 g/mol. The van der Waals surface area contributed by atoms with E-state index in [9.17, 15) is 19.5 Å². The lowest BCUT2D eigenvalue weighted by Crippen LogP contribution is -2.51. The minimum Gasteiger partial charge on any atom is -0.478 e. The van der Waals surface area contributed by atoms with Gasteiger partial charge >= 0.3 is 12.1 Å². The third kappa shape index (κ3) is 7.21. The molecule has 0 fully saturated rings. The van der Waals surface area contributed by atoms with Crippen molar-refractivity contribution in [2.45, 2.75) is 44.9 Å². The number of ether oxygens (including phenoxy) is 1. The number of carbonyl (C=O) groups excluding carboxylic acids is 2. The fourth-order valence-electron chi connectivity index (χ4n) is 2.70. The number of aromatic carboxylic acids is 1. The summed E-state index contributed by atoms with van der Waals surface area (Å²) >= 11 is 0. The Hall–Kier alpha value is -3.39. The first-order valence-corrected chi connectivity index (χ1v) is 9.41. The molecule has 30 heavy (non-hydrogen) atoms. The van der Waals surface area contributed by atoms with Gasteiger partial charge in [-0.1, -0.05) is 36.4 Å². The number of anilines is 1. The molecule has 2 aromatic rings. The minimum absolute atomic E-state index is 0.00462. The standard InChI is InChI=1S/C22H26N2O6/c1-22(2,3)30-21(29)24-17(12-14-8-5-4-6-9-14)18(25)19(26)23-16-11-7-10-15(13-16)20(27)28/h4-11,13,17-18,25H,12H2,1-3H3,(H,23,26)(H,24,29)(H,27,28)/t17-,18+/m1/s1. The summed E-state index contributed by atoms with van der Waals surface area (Å²) in [6, 6.07) is 13.7. The maximum atomic E-state index is 12.6. The van der Waals surface area contributed by atoms with Gasteiger partial charge in [0.15, 0.2) is 6.10 Å². The van der Waals surface area contributed by atoms with Crippen molar-refractivity contribution in [1.29, 1.82) is 0 Å². The quantitative estimate of drug-likeness (QED) is 0.552. The second-order valence-corrected chi connectivity index (χ2v) is 7.76. The molecule has 0 heterocycles. The van der Waals surface area contributed by atoms with E-state index in [0.29, 0.717) is 0 Å². The summed E-state index contributed by atoms with van der Waals surface area (Å²) in [6.45, 7) is 5.12. The lowest BCUT2D eigenvalue weighted by atomic mass is 10.0. The summed E-state index contributed by atoms with van der Waals surface area (Å²) in [6.07, 6.45) is -2.18. The van der Waals surface area contributed by atoms with Crippen LogP contribution in [0, 0.1) is 0 Å². The number of hydrogen-bond acceptors (Lipinski definition) is 5. The lowest BCUT2D eigenvalue weighted by molar-refractivity contribution is -0.125. The first kappa shape index (κ1) is 22.9. The number of amides is 2. The number of aliphatic hydroxyl groups is 1. The molecule has 2 rings (SSSR count). The van der Waals surface area contributed by atoms with E-state index in [-0.39, 0.29) is 17.7 Å². The van der Waals surface area contributed by atoms with Gasteiger partial charge in [-0.15, -0.1) is 0 Å². The largest absolute Gasteiger partial charge is 0.478 e. The van der Waals surface area contributed by atoms with E-state index in [1.807, 2.05) is 30.3 Å². The molecule has 2 amide bonds. The van der Waals surface area contributed by atoms with E-state index < -0.39 is 35.7 Å². The summed E-state index contributed by atoms with van der Waals surface area (Å²) < 4.78 is 5.24. The molecule has 4 N–H and O–H groups in total. The van der Waals surface area contributed by atoms with Gasteiger partial charge in [0.1, 0.15) is 5.60 Å². The zero-order valence-corrected chi connectivity index (χ0v) is 17.1. The van der Waals surface area contributed by atoms with Crippen LogP contribution >= 0.6 is 0 Å². The van der Waals surface area contributed by atoms with Crippen molar-refractivity contribution in [2.75, 3.05) is 5.32 Å². The second kappa shape index (κ2) is 9.89. The van der Waals surface area contributed by atoms with Gasteiger partial charge in [-0.25, -0.2) is 9.59 Å². The highest BCUT2D eigenvalue weighted by atomic mass is 16.6. The summed E-state index contributed by atoms with van der Waals surface area (Å²) in [5.74, 6) is -1.92. The Kier molecular flexibility index (Phi) is 7.54. The smallest absolute Gasteiger partial charge is 0.407 e. The molecule has 0 spiro atoms.